The molecule has 0 bridgehead atoms. The maximum atomic E-state index is 12.0. The quantitative estimate of drug-likeness (QED) is 0.907. The summed E-state index contributed by atoms with van der Waals surface area (Å²) in [5, 5.41) is 7.50. The van der Waals surface area contributed by atoms with E-state index in [2.05, 4.69) is 28.4 Å². The maximum absolute atomic E-state index is 12.0. The van der Waals surface area contributed by atoms with Crippen LogP contribution >= 0.6 is 23.1 Å². The summed E-state index contributed by atoms with van der Waals surface area (Å²) in [7, 11) is 0. The Bertz CT molecular complexity index is 414. The number of thioether (sulfide) groups is 1. The maximum Gasteiger partial charge on any atom is 0.238 e. The Morgan fingerprint density at radius 3 is 3.06 bits per heavy atom. The zero-order valence-corrected chi connectivity index (χ0v) is 11.4. The van der Waals surface area contributed by atoms with E-state index in [9.17, 15) is 4.79 Å². The Labute approximate surface area is 110 Å². The summed E-state index contributed by atoms with van der Waals surface area (Å²) >= 11 is 3.59. The first-order valence-corrected chi connectivity index (χ1v) is 8.01. The molecule has 5 heteroatoms. The third-order valence-electron chi connectivity index (χ3n) is 3.64. The lowest BCUT2D eigenvalue weighted by Gasteiger charge is -2.27. The van der Waals surface area contributed by atoms with E-state index in [1.807, 2.05) is 16.7 Å². The number of rotatable bonds is 4. The molecule has 0 radical (unpaired) electrons. The van der Waals surface area contributed by atoms with Crippen LogP contribution in [-0.2, 0) is 4.79 Å². The van der Waals surface area contributed by atoms with Crippen molar-refractivity contribution in [3.63, 3.8) is 0 Å². The summed E-state index contributed by atoms with van der Waals surface area (Å²) in [6, 6.07) is 2.10. The van der Waals surface area contributed by atoms with E-state index in [1.54, 1.807) is 11.3 Å². The van der Waals surface area contributed by atoms with E-state index in [0.717, 1.165) is 6.54 Å². The minimum atomic E-state index is 0.0957. The molecule has 1 aliphatic heterocycles. The van der Waals surface area contributed by atoms with Crippen LogP contribution in [0.1, 0.15) is 24.6 Å². The summed E-state index contributed by atoms with van der Waals surface area (Å²) in [6.07, 6.45) is 4.74. The van der Waals surface area contributed by atoms with Gasteiger partial charge in [-0.3, -0.25) is 10.1 Å². The van der Waals surface area contributed by atoms with Crippen LogP contribution in [0.2, 0.25) is 0 Å². The van der Waals surface area contributed by atoms with Gasteiger partial charge in [0.1, 0.15) is 6.17 Å². The lowest BCUT2D eigenvalue weighted by molar-refractivity contribution is -0.128. The fourth-order valence-electron chi connectivity index (χ4n) is 2.32. The summed E-state index contributed by atoms with van der Waals surface area (Å²) in [6.45, 7) is 1.37. The molecular formula is C12H16N2OS2. The molecular weight excluding hydrogens is 252 g/mol. The molecule has 0 aromatic carbocycles. The molecule has 92 valence electrons. The van der Waals surface area contributed by atoms with Crippen molar-refractivity contribution in [2.24, 2.45) is 0 Å². The number of amides is 1. The molecule has 1 N–H and O–H groups in total. The van der Waals surface area contributed by atoms with Gasteiger partial charge in [0.05, 0.1) is 6.54 Å². The highest BCUT2D eigenvalue weighted by molar-refractivity contribution is 8.00. The van der Waals surface area contributed by atoms with E-state index in [0.29, 0.717) is 11.3 Å². The molecule has 1 unspecified atom stereocenters. The van der Waals surface area contributed by atoms with Crippen LogP contribution < -0.4 is 5.32 Å². The number of nitrogens with zero attached hydrogens (tertiary/aromatic N) is 1. The number of carbonyl (C=O) groups is 1. The number of carbonyl (C=O) groups excluding carboxylic acids is 1. The van der Waals surface area contributed by atoms with Crippen LogP contribution in [0.15, 0.2) is 16.8 Å². The van der Waals surface area contributed by atoms with Gasteiger partial charge < -0.3 is 4.90 Å². The average Bonchev–Trinajstić information content (AvgIpc) is 2.73. The van der Waals surface area contributed by atoms with Gasteiger partial charge >= 0.3 is 0 Å². The number of thiophene rings is 1. The van der Waals surface area contributed by atoms with Gasteiger partial charge in [0, 0.05) is 11.3 Å². The van der Waals surface area contributed by atoms with Crippen molar-refractivity contribution in [3.05, 3.63) is 22.4 Å². The Kier molecular flexibility index (Phi) is 2.92. The molecule has 17 heavy (non-hydrogen) atoms. The average molecular weight is 268 g/mol. The zero-order valence-electron chi connectivity index (χ0n) is 9.81. The minimum Gasteiger partial charge on any atom is -0.320 e. The van der Waals surface area contributed by atoms with E-state index in [-0.39, 0.29) is 12.1 Å². The second-order valence-electron chi connectivity index (χ2n) is 4.75. The molecule has 1 atom stereocenters. The highest BCUT2D eigenvalue weighted by Crippen LogP contribution is 2.48. The topological polar surface area (TPSA) is 32.3 Å². The minimum absolute atomic E-state index is 0.0957. The fraction of sp³-hybridized carbons (Fsp3) is 0.583. The number of hydrogen-bond acceptors (Lipinski definition) is 4. The molecule has 1 saturated carbocycles. The van der Waals surface area contributed by atoms with Gasteiger partial charge in [-0.05, 0) is 41.5 Å². The van der Waals surface area contributed by atoms with Crippen LogP contribution in [0.25, 0.3) is 0 Å². The fourth-order valence-corrected chi connectivity index (χ4v) is 3.78. The third kappa shape index (κ3) is 2.11. The van der Waals surface area contributed by atoms with Crippen molar-refractivity contribution >= 4 is 29.0 Å². The van der Waals surface area contributed by atoms with Gasteiger partial charge in [-0.2, -0.15) is 23.1 Å². The molecule has 1 aromatic rings. The van der Waals surface area contributed by atoms with Gasteiger partial charge in [0.15, 0.2) is 0 Å². The Morgan fingerprint density at radius 1 is 1.65 bits per heavy atom. The van der Waals surface area contributed by atoms with Crippen molar-refractivity contribution in [2.75, 3.05) is 19.3 Å². The van der Waals surface area contributed by atoms with Crippen LogP contribution in [0, 0.1) is 0 Å². The van der Waals surface area contributed by atoms with E-state index < -0.39 is 0 Å². The number of hydrogen-bond donors (Lipinski definition) is 1. The molecule has 0 spiro atoms. The first-order valence-electron chi connectivity index (χ1n) is 5.84. The molecule has 1 aliphatic carbocycles. The predicted molar refractivity (Wildman–Crippen MR) is 72.3 cm³/mol. The van der Waals surface area contributed by atoms with Crippen LogP contribution in [-0.4, -0.2) is 34.9 Å². The lowest BCUT2D eigenvalue weighted by atomic mass is 10.2. The van der Waals surface area contributed by atoms with Gasteiger partial charge in [-0.25, -0.2) is 0 Å². The van der Waals surface area contributed by atoms with Crippen molar-refractivity contribution in [1.82, 2.24) is 10.2 Å². The molecule has 2 fully saturated rings. The summed E-state index contributed by atoms with van der Waals surface area (Å²) in [5.41, 5.74) is 1.22. The third-order valence-corrected chi connectivity index (χ3v) is 5.74. The van der Waals surface area contributed by atoms with Crippen LogP contribution in [0.4, 0.5) is 0 Å². The van der Waals surface area contributed by atoms with Gasteiger partial charge in [-0.15, -0.1) is 0 Å². The monoisotopic (exact) mass is 268 g/mol. The Hall–Kier alpha value is -0.520. The second-order valence-corrected chi connectivity index (χ2v) is 6.80. The normalized spacial score (nSPS) is 26.5. The van der Waals surface area contributed by atoms with Crippen molar-refractivity contribution in [3.8, 4) is 0 Å². The van der Waals surface area contributed by atoms with Crippen LogP contribution in [0.3, 0.4) is 0 Å². The summed E-state index contributed by atoms with van der Waals surface area (Å²) in [4.78, 5) is 14.0. The van der Waals surface area contributed by atoms with Gasteiger partial charge in [0.25, 0.3) is 0 Å². The Balaban J connectivity index is 1.78. The van der Waals surface area contributed by atoms with Crippen molar-refractivity contribution in [2.45, 2.75) is 23.8 Å². The smallest absolute Gasteiger partial charge is 0.238 e. The Morgan fingerprint density at radius 2 is 2.47 bits per heavy atom. The van der Waals surface area contributed by atoms with Gasteiger partial charge in [-0.1, -0.05) is 0 Å². The van der Waals surface area contributed by atoms with Crippen molar-refractivity contribution in [1.29, 1.82) is 0 Å². The van der Waals surface area contributed by atoms with E-state index in [4.69, 9.17) is 0 Å². The molecule has 2 heterocycles. The summed E-state index contributed by atoms with van der Waals surface area (Å²) < 4.78 is 0.343. The molecule has 1 aromatic heterocycles. The highest BCUT2D eigenvalue weighted by atomic mass is 32.2. The molecule has 3 rings (SSSR count). The predicted octanol–water partition coefficient (Wildman–Crippen LogP) is 2.07. The second kappa shape index (κ2) is 4.30. The molecule has 3 nitrogen and oxygen atoms in total. The zero-order chi connectivity index (χ0) is 11.9. The lowest BCUT2D eigenvalue weighted by Crippen LogP contribution is -2.36. The first kappa shape index (κ1) is 11.6. The summed E-state index contributed by atoms with van der Waals surface area (Å²) in [5.74, 6) is 0.238. The van der Waals surface area contributed by atoms with Crippen molar-refractivity contribution < 1.29 is 4.79 Å². The molecule has 2 aliphatic rings. The molecule has 1 saturated heterocycles. The standard InChI is InChI=1S/C12H16N2OS2/c1-16-12(3-4-12)8-14-10(15)6-13-11(14)9-2-5-17-7-9/h2,5,7,11,13H,3-4,6,8H2,1H3. The highest BCUT2D eigenvalue weighted by Gasteiger charge is 2.46. The van der Waals surface area contributed by atoms with E-state index in [1.165, 1.54) is 18.4 Å². The largest absolute Gasteiger partial charge is 0.320 e. The molecule has 1 amide bonds. The first-order chi connectivity index (χ1) is 8.24. The SMILES string of the molecule is CSC1(CN2C(=O)CNC2c2ccsc2)CC1. The van der Waals surface area contributed by atoms with E-state index >= 15 is 0 Å². The van der Waals surface area contributed by atoms with Gasteiger partial charge in [0.2, 0.25) is 5.91 Å². The number of nitrogens with one attached hydrogen (secondary N) is 1. The van der Waals surface area contributed by atoms with Crippen LogP contribution in [0.5, 0.6) is 0 Å².